The van der Waals surface area contributed by atoms with Crippen molar-refractivity contribution in [3.8, 4) is 16.9 Å². The summed E-state index contributed by atoms with van der Waals surface area (Å²) in [5.74, 6) is 0.0530. The van der Waals surface area contributed by atoms with E-state index in [9.17, 15) is 4.39 Å². The molecule has 0 aliphatic heterocycles. The molecule has 1 aliphatic carbocycles. The molecule has 0 bridgehead atoms. The Balaban J connectivity index is 1.58. The maximum absolute atomic E-state index is 13.9. The molecule has 2 heterocycles. The van der Waals surface area contributed by atoms with Gasteiger partial charge in [0.2, 0.25) is 0 Å². The molecular formula is C22H23Cl2FN4O. The molecule has 0 saturated heterocycles. The molecule has 5 nitrogen and oxygen atoms in total. The first-order valence-corrected chi connectivity index (χ1v) is 10.8. The van der Waals surface area contributed by atoms with Gasteiger partial charge in [-0.3, -0.25) is 4.68 Å². The normalized spacial score (nSPS) is 15.9. The van der Waals surface area contributed by atoms with Crippen molar-refractivity contribution < 1.29 is 9.13 Å². The molecule has 0 radical (unpaired) electrons. The summed E-state index contributed by atoms with van der Waals surface area (Å²) in [7, 11) is 0. The van der Waals surface area contributed by atoms with Crippen molar-refractivity contribution in [3.05, 3.63) is 58.2 Å². The highest BCUT2D eigenvalue weighted by Gasteiger charge is 2.21. The molecule has 0 amide bonds. The number of rotatable bonds is 5. The lowest BCUT2D eigenvalue weighted by Crippen LogP contribution is -2.12. The van der Waals surface area contributed by atoms with Crippen LogP contribution in [0.3, 0.4) is 0 Å². The predicted octanol–water partition coefficient (Wildman–Crippen LogP) is 6.62. The first-order chi connectivity index (χ1) is 14.4. The highest BCUT2D eigenvalue weighted by Crippen LogP contribution is 2.37. The summed E-state index contributed by atoms with van der Waals surface area (Å²) in [6.07, 6.45) is 11.0. The average molecular weight is 449 g/mol. The van der Waals surface area contributed by atoms with Crippen molar-refractivity contribution in [2.24, 2.45) is 0 Å². The second-order valence-electron chi connectivity index (χ2n) is 7.63. The summed E-state index contributed by atoms with van der Waals surface area (Å²) < 4.78 is 21.9. The number of anilines is 1. The summed E-state index contributed by atoms with van der Waals surface area (Å²) in [6.45, 7) is 1.74. The van der Waals surface area contributed by atoms with Crippen molar-refractivity contribution in [1.82, 2.24) is 14.8 Å². The highest BCUT2D eigenvalue weighted by molar-refractivity contribution is 6.36. The number of nitrogens with zero attached hydrogens (tertiary/aromatic N) is 3. The van der Waals surface area contributed by atoms with Crippen molar-refractivity contribution >= 4 is 29.0 Å². The van der Waals surface area contributed by atoms with Gasteiger partial charge in [0.15, 0.2) is 11.6 Å². The molecule has 1 aromatic carbocycles. The number of halogens is 3. The number of hydrogen-bond donors (Lipinski definition) is 1. The van der Waals surface area contributed by atoms with Gasteiger partial charge in [0.1, 0.15) is 11.9 Å². The van der Waals surface area contributed by atoms with Crippen LogP contribution in [0.5, 0.6) is 5.75 Å². The molecule has 1 saturated carbocycles. The number of nitrogens with two attached hydrogens (primary N) is 1. The van der Waals surface area contributed by atoms with Crippen molar-refractivity contribution in [2.75, 3.05) is 5.73 Å². The fourth-order valence-corrected chi connectivity index (χ4v) is 4.58. The first-order valence-electron chi connectivity index (χ1n) is 10.0. The van der Waals surface area contributed by atoms with Gasteiger partial charge in [0.25, 0.3) is 0 Å². The van der Waals surface area contributed by atoms with Gasteiger partial charge in [-0.25, -0.2) is 9.37 Å². The van der Waals surface area contributed by atoms with Crippen molar-refractivity contribution in [2.45, 2.75) is 51.2 Å². The highest BCUT2D eigenvalue weighted by atomic mass is 35.5. The van der Waals surface area contributed by atoms with Crippen LogP contribution >= 0.6 is 23.2 Å². The first kappa shape index (κ1) is 20.9. The summed E-state index contributed by atoms with van der Waals surface area (Å²) in [4.78, 5) is 4.26. The number of benzene rings is 1. The Labute approximate surface area is 185 Å². The number of ether oxygens (including phenoxy) is 1. The van der Waals surface area contributed by atoms with E-state index in [0.29, 0.717) is 22.4 Å². The minimum absolute atomic E-state index is 0.0635. The van der Waals surface area contributed by atoms with Gasteiger partial charge in [-0.15, -0.1) is 0 Å². The molecule has 2 N–H and O–H groups in total. The van der Waals surface area contributed by atoms with Crippen LogP contribution in [0.1, 0.15) is 56.7 Å². The van der Waals surface area contributed by atoms with E-state index in [2.05, 4.69) is 10.1 Å². The van der Waals surface area contributed by atoms with Crippen LogP contribution in [-0.2, 0) is 0 Å². The molecule has 8 heteroatoms. The van der Waals surface area contributed by atoms with Crippen LogP contribution in [0.15, 0.2) is 36.8 Å². The number of hydrogen-bond acceptors (Lipinski definition) is 4. The Hall–Kier alpha value is -2.31. The van der Waals surface area contributed by atoms with Crippen LogP contribution in [0.4, 0.5) is 10.2 Å². The topological polar surface area (TPSA) is 66.0 Å². The molecule has 1 aliphatic rings. The maximum Gasteiger partial charge on any atom is 0.166 e. The lowest BCUT2D eigenvalue weighted by molar-refractivity contribution is 0.227. The molecular weight excluding hydrogens is 426 g/mol. The summed E-state index contributed by atoms with van der Waals surface area (Å²) in [5.41, 5.74) is 8.17. The van der Waals surface area contributed by atoms with Crippen LogP contribution in [0, 0.1) is 5.82 Å². The fraction of sp³-hybridized carbons (Fsp3) is 0.364. The monoisotopic (exact) mass is 448 g/mol. The van der Waals surface area contributed by atoms with E-state index in [4.69, 9.17) is 33.7 Å². The number of aromatic nitrogens is 3. The smallest absolute Gasteiger partial charge is 0.166 e. The lowest BCUT2D eigenvalue weighted by Gasteiger charge is -2.21. The third-order valence-corrected chi connectivity index (χ3v) is 6.27. The standard InChI is InChI=1S/C22H23Cl2FN4O/c1-13(20-17(23)7-8-18(25)21(20)24)30-19-9-14(10-27-22(19)26)15-11-28-29(12-15)16-5-3-2-4-6-16/h7-13,16H,2-6H2,1H3,(H2,26,27). The third kappa shape index (κ3) is 4.25. The van der Waals surface area contributed by atoms with Crippen LogP contribution in [0.2, 0.25) is 10.0 Å². The largest absolute Gasteiger partial charge is 0.482 e. The van der Waals surface area contributed by atoms with Crippen molar-refractivity contribution in [1.29, 1.82) is 0 Å². The van der Waals surface area contributed by atoms with E-state index in [1.165, 1.54) is 31.4 Å². The summed E-state index contributed by atoms with van der Waals surface area (Å²) in [5, 5.41) is 4.81. The van der Waals surface area contributed by atoms with Gasteiger partial charge in [0, 0.05) is 34.1 Å². The zero-order chi connectivity index (χ0) is 21.3. The van der Waals surface area contributed by atoms with Gasteiger partial charge >= 0.3 is 0 Å². The molecule has 2 aromatic heterocycles. The van der Waals surface area contributed by atoms with E-state index in [1.807, 2.05) is 23.1 Å². The van der Waals surface area contributed by atoms with Crippen molar-refractivity contribution in [3.63, 3.8) is 0 Å². The Bertz CT molecular complexity index is 1050. The second kappa shape index (κ2) is 8.82. The second-order valence-corrected chi connectivity index (χ2v) is 8.41. The Morgan fingerprint density at radius 3 is 2.70 bits per heavy atom. The number of pyridine rings is 1. The molecule has 1 atom stereocenters. The average Bonchev–Trinajstić information content (AvgIpc) is 3.24. The Kier molecular flexibility index (Phi) is 6.16. The summed E-state index contributed by atoms with van der Waals surface area (Å²) >= 11 is 12.3. The quantitative estimate of drug-likeness (QED) is 0.445. The number of nitrogen functional groups attached to an aromatic ring is 1. The van der Waals surface area contributed by atoms with Crippen LogP contribution < -0.4 is 10.5 Å². The zero-order valence-electron chi connectivity index (χ0n) is 16.6. The van der Waals surface area contributed by atoms with Gasteiger partial charge in [-0.2, -0.15) is 5.10 Å². The molecule has 0 spiro atoms. The Morgan fingerprint density at radius 2 is 1.93 bits per heavy atom. The molecule has 4 rings (SSSR count). The third-order valence-electron chi connectivity index (χ3n) is 5.56. The fourth-order valence-electron chi connectivity index (χ4n) is 3.90. The molecule has 3 aromatic rings. The van der Waals surface area contributed by atoms with E-state index < -0.39 is 11.9 Å². The lowest BCUT2D eigenvalue weighted by atomic mass is 9.96. The molecule has 1 fully saturated rings. The molecule has 1 unspecified atom stereocenters. The molecule has 30 heavy (non-hydrogen) atoms. The predicted molar refractivity (Wildman–Crippen MR) is 117 cm³/mol. The van der Waals surface area contributed by atoms with Gasteiger partial charge in [-0.1, -0.05) is 42.5 Å². The minimum atomic E-state index is -0.620. The van der Waals surface area contributed by atoms with E-state index in [1.54, 1.807) is 13.1 Å². The van der Waals surface area contributed by atoms with Gasteiger partial charge < -0.3 is 10.5 Å². The van der Waals surface area contributed by atoms with Crippen LogP contribution in [0.25, 0.3) is 11.1 Å². The van der Waals surface area contributed by atoms with E-state index >= 15 is 0 Å². The zero-order valence-corrected chi connectivity index (χ0v) is 18.1. The maximum atomic E-state index is 13.9. The van der Waals surface area contributed by atoms with Gasteiger partial charge in [-0.05, 0) is 38.0 Å². The Morgan fingerprint density at radius 1 is 1.17 bits per heavy atom. The van der Waals surface area contributed by atoms with Crippen LogP contribution in [-0.4, -0.2) is 14.8 Å². The van der Waals surface area contributed by atoms with E-state index in [-0.39, 0.29) is 10.8 Å². The minimum Gasteiger partial charge on any atom is -0.482 e. The SMILES string of the molecule is CC(Oc1cc(-c2cnn(C3CCCCC3)c2)cnc1N)c1c(Cl)ccc(F)c1Cl. The molecule has 158 valence electrons. The summed E-state index contributed by atoms with van der Waals surface area (Å²) in [6, 6.07) is 4.93. The van der Waals surface area contributed by atoms with E-state index in [0.717, 1.165) is 24.0 Å². The van der Waals surface area contributed by atoms with Gasteiger partial charge in [0.05, 0.1) is 17.3 Å².